The van der Waals surface area contributed by atoms with E-state index in [9.17, 15) is 0 Å². The van der Waals surface area contributed by atoms with Crippen LogP contribution in [0.5, 0.6) is 0 Å². The number of aromatic nitrogens is 3. The summed E-state index contributed by atoms with van der Waals surface area (Å²) in [6.45, 7) is 20.2. The topological polar surface area (TPSA) is 44.5 Å². The van der Waals surface area contributed by atoms with Crippen molar-refractivity contribution in [2.75, 3.05) is 0 Å². The number of halogens is 6. The molecule has 1 aliphatic heterocycles. The Morgan fingerprint density at radius 3 is 0.870 bits per heavy atom. The van der Waals surface area contributed by atoms with Gasteiger partial charge in [0, 0.05) is 16.7 Å². The lowest BCUT2D eigenvalue weighted by atomic mass is 9.86. The van der Waals surface area contributed by atoms with Crippen LogP contribution in [0.1, 0.15) is 90.4 Å². The van der Waals surface area contributed by atoms with Crippen LogP contribution < -0.4 is 0 Å². The molecule has 3 aromatic heterocycles. The fourth-order valence-electron chi connectivity index (χ4n) is 6.97. The van der Waals surface area contributed by atoms with E-state index in [2.05, 4.69) is 241 Å². The molecule has 4 heterocycles. The molecule has 0 radical (unpaired) electrons. The van der Waals surface area contributed by atoms with Gasteiger partial charge in [-0.15, -0.1) is 0 Å². The molecule has 2 N–H and O–H groups in total. The molecule has 0 spiro atoms. The maximum Gasteiger partial charge on any atom is 0.0891 e. The number of hydrogen-bond donors (Lipinski definition) is 2. The highest BCUT2D eigenvalue weighted by atomic mass is 79.9. The summed E-state index contributed by atoms with van der Waals surface area (Å²) in [5.74, 6) is 0. The highest BCUT2D eigenvalue weighted by molar-refractivity contribution is 9.18. The maximum atomic E-state index is 5.53. The molecule has 0 amide bonds. The number of fused-ring (bicyclic) bond motifs is 6. The minimum atomic E-state index is 0.0154. The molecule has 7 rings (SSSR count). The van der Waals surface area contributed by atoms with Crippen LogP contribution in [0.25, 0.3) is 64.4 Å². The molecule has 0 fully saturated rings. The van der Waals surface area contributed by atoms with Crippen LogP contribution >= 0.6 is 95.6 Å². The predicted octanol–water partition coefficient (Wildman–Crippen LogP) is 17.0. The van der Waals surface area contributed by atoms with Gasteiger partial charge in [0.1, 0.15) is 0 Å². The molecule has 0 atom stereocenters. The summed E-state index contributed by atoms with van der Waals surface area (Å²) in [5, 5.41) is 0. The average Bonchev–Trinajstić information content (AvgIpc) is 3.67. The molecule has 54 heavy (non-hydrogen) atoms. The van der Waals surface area contributed by atoms with Crippen LogP contribution in [0, 0.1) is 0 Å². The quantitative estimate of drug-likeness (QED) is 0.182. The van der Waals surface area contributed by atoms with E-state index in [0.717, 1.165) is 93.7 Å². The SMILES string of the molecule is CC(C)(C)c1ccc(-c2c3nc(c(-c4ccc(C(C)(C)C)cc4)c4[nH]c(c(Br)c4Br)c(-c4ccc(C(C)(C)C)cc4)c4[nH]c2c(Br)c4Br)C(Br)=C3Br)cc1. The Hall–Kier alpha value is -2.01. The fourth-order valence-corrected chi connectivity index (χ4v) is 9.90. The van der Waals surface area contributed by atoms with E-state index in [1.807, 2.05) is 0 Å². The van der Waals surface area contributed by atoms with Crippen LogP contribution in [-0.4, -0.2) is 15.0 Å². The summed E-state index contributed by atoms with van der Waals surface area (Å²) in [6.07, 6.45) is 0. The highest BCUT2D eigenvalue weighted by Crippen LogP contribution is 2.51. The number of H-pyrrole nitrogens is 2. The van der Waals surface area contributed by atoms with Crippen LogP contribution in [0.15, 0.2) is 90.7 Å². The Bertz CT molecular complexity index is 2420. The third-order valence-corrected chi connectivity index (χ3v) is 16.5. The van der Waals surface area contributed by atoms with Crippen molar-refractivity contribution in [1.82, 2.24) is 15.0 Å². The monoisotopic (exact) mass is 1100 g/mol. The van der Waals surface area contributed by atoms with Gasteiger partial charge in [0.05, 0.1) is 60.3 Å². The first-order valence-electron chi connectivity index (χ1n) is 17.8. The average molecular weight is 1100 g/mol. The van der Waals surface area contributed by atoms with Gasteiger partial charge in [-0.3, -0.25) is 0 Å². The summed E-state index contributed by atoms with van der Waals surface area (Å²) in [5.41, 5.74) is 15.3. The Labute approximate surface area is 368 Å². The van der Waals surface area contributed by atoms with Gasteiger partial charge >= 0.3 is 0 Å². The number of aromatic amines is 2. The number of rotatable bonds is 3. The molecule has 3 aromatic carbocycles. The van der Waals surface area contributed by atoms with E-state index < -0.39 is 0 Å². The van der Waals surface area contributed by atoms with Crippen molar-refractivity contribution >= 4 is 127 Å². The fraction of sp³-hybridized carbons (Fsp3) is 0.267. The number of hydrogen-bond acceptors (Lipinski definition) is 1. The first-order chi connectivity index (χ1) is 25.2. The number of nitrogens with zero attached hydrogens (tertiary/aromatic N) is 1. The highest BCUT2D eigenvalue weighted by Gasteiger charge is 2.29. The van der Waals surface area contributed by atoms with Crippen molar-refractivity contribution < 1.29 is 0 Å². The normalized spacial score (nSPS) is 13.4. The van der Waals surface area contributed by atoms with Crippen molar-refractivity contribution in [3.05, 3.63) is 119 Å². The summed E-state index contributed by atoms with van der Waals surface area (Å²) in [6, 6.07) is 26.7. The zero-order valence-corrected chi connectivity index (χ0v) is 41.2. The van der Waals surface area contributed by atoms with Gasteiger partial charge in [-0.25, -0.2) is 4.98 Å². The van der Waals surface area contributed by atoms with Crippen LogP contribution in [0.3, 0.4) is 0 Å². The molecule has 6 aromatic rings. The van der Waals surface area contributed by atoms with Crippen molar-refractivity contribution in [3.8, 4) is 33.4 Å². The zero-order valence-electron chi connectivity index (χ0n) is 31.6. The second-order valence-electron chi connectivity index (χ2n) is 17.0. The number of nitrogens with one attached hydrogen (secondary N) is 2. The largest absolute Gasteiger partial charge is 0.352 e. The molecular weight excluding hydrogens is 1060 g/mol. The van der Waals surface area contributed by atoms with Crippen molar-refractivity contribution in [3.63, 3.8) is 0 Å². The van der Waals surface area contributed by atoms with Crippen LogP contribution in [-0.2, 0) is 16.2 Å². The van der Waals surface area contributed by atoms with E-state index >= 15 is 0 Å². The summed E-state index contributed by atoms with van der Waals surface area (Å²) in [4.78, 5) is 13.3. The van der Waals surface area contributed by atoms with Gasteiger partial charge in [0.15, 0.2) is 0 Å². The van der Waals surface area contributed by atoms with Gasteiger partial charge < -0.3 is 9.97 Å². The number of benzene rings is 3. The van der Waals surface area contributed by atoms with E-state index in [-0.39, 0.29) is 16.2 Å². The zero-order chi connectivity index (χ0) is 39.2. The third-order valence-electron chi connectivity index (χ3n) is 10.2. The first kappa shape index (κ1) is 40.2. The molecule has 1 aliphatic rings. The Balaban J connectivity index is 1.72. The van der Waals surface area contributed by atoms with E-state index in [1.54, 1.807) is 0 Å². The maximum absolute atomic E-state index is 5.53. The van der Waals surface area contributed by atoms with Gasteiger partial charge in [-0.2, -0.15) is 0 Å². The second-order valence-corrected chi connectivity index (χ2v) is 21.8. The van der Waals surface area contributed by atoms with E-state index in [1.165, 1.54) is 16.7 Å². The molecule has 0 aliphatic carbocycles. The standard InChI is InChI=1S/C45H41Br6N3/c1-43(2,3)25-16-10-22(11-17-25)28-37-31(46)33(48)39(52-37)29(23-12-18-26(19-13-23)44(4,5)6)41-35(50)36(51)42(54-41)30(40-34(49)32(47)38(28)53-40)24-14-20-27(21-15-24)45(7,8)9/h10-21,52-53H,1-9H3. The third kappa shape index (κ3) is 7.10. The lowest BCUT2D eigenvalue weighted by Crippen LogP contribution is -2.10. The Morgan fingerprint density at radius 2 is 0.611 bits per heavy atom. The smallest absolute Gasteiger partial charge is 0.0891 e. The van der Waals surface area contributed by atoms with Gasteiger partial charge in [-0.05, 0) is 145 Å². The molecule has 6 bridgehead atoms. The van der Waals surface area contributed by atoms with Crippen LogP contribution in [0.4, 0.5) is 0 Å². The molecule has 9 heteroatoms. The van der Waals surface area contributed by atoms with Gasteiger partial charge in [0.25, 0.3) is 0 Å². The van der Waals surface area contributed by atoms with Crippen molar-refractivity contribution in [2.24, 2.45) is 0 Å². The minimum absolute atomic E-state index is 0.0154. The molecule has 3 nitrogen and oxygen atoms in total. The van der Waals surface area contributed by atoms with Gasteiger partial charge in [0.2, 0.25) is 0 Å². The van der Waals surface area contributed by atoms with E-state index in [4.69, 9.17) is 4.98 Å². The molecule has 0 saturated heterocycles. The second kappa shape index (κ2) is 14.4. The molecule has 0 saturated carbocycles. The minimum Gasteiger partial charge on any atom is -0.352 e. The summed E-state index contributed by atoms with van der Waals surface area (Å²) in [7, 11) is 0. The predicted molar refractivity (Wildman–Crippen MR) is 253 cm³/mol. The first-order valence-corrected chi connectivity index (χ1v) is 22.6. The van der Waals surface area contributed by atoms with E-state index in [0.29, 0.717) is 0 Å². The van der Waals surface area contributed by atoms with Gasteiger partial charge in [-0.1, -0.05) is 135 Å². The summed E-state index contributed by atoms with van der Waals surface area (Å²) >= 11 is 24.3. The molecule has 0 unspecified atom stereocenters. The van der Waals surface area contributed by atoms with Crippen LogP contribution in [0.2, 0.25) is 0 Å². The lowest BCUT2D eigenvalue weighted by molar-refractivity contribution is 0.590. The van der Waals surface area contributed by atoms with Crippen molar-refractivity contribution in [2.45, 2.75) is 78.6 Å². The summed E-state index contributed by atoms with van der Waals surface area (Å²) < 4.78 is 5.40. The Kier molecular flexibility index (Phi) is 10.7. The van der Waals surface area contributed by atoms with Crippen molar-refractivity contribution in [1.29, 1.82) is 0 Å². The Morgan fingerprint density at radius 1 is 0.370 bits per heavy atom. The molecular formula is C45H41Br6N3. The lowest BCUT2D eigenvalue weighted by Gasteiger charge is -2.19. The molecule has 278 valence electrons.